The number of nitrogens with two attached hydrogens (primary N) is 1. The molecule has 1 heterocycles. The minimum absolute atomic E-state index is 0.105. The van der Waals surface area contributed by atoms with Crippen molar-refractivity contribution in [2.45, 2.75) is 25.7 Å². The molecule has 4 heteroatoms. The van der Waals surface area contributed by atoms with E-state index in [0.717, 1.165) is 12.0 Å². The molecule has 0 atom stereocenters. The van der Waals surface area contributed by atoms with Gasteiger partial charge in [-0.3, -0.25) is 4.98 Å². The van der Waals surface area contributed by atoms with Crippen molar-refractivity contribution in [1.82, 2.24) is 4.98 Å². The molecular weight excluding hydrogens is 219 g/mol. The molecule has 78 valence electrons. The molecular formula is C10H14Cl2N2. The first-order valence-corrected chi connectivity index (χ1v) is 5.24. The van der Waals surface area contributed by atoms with E-state index in [1.807, 2.05) is 0 Å². The zero-order valence-electron chi connectivity index (χ0n) is 8.35. The van der Waals surface area contributed by atoms with Crippen LogP contribution in [-0.4, -0.2) is 11.5 Å². The van der Waals surface area contributed by atoms with Crippen molar-refractivity contribution in [2.24, 2.45) is 5.73 Å². The van der Waals surface area contributed by atoms with E-state index < -0.39 is 0 Å². The van der Waals surface area contributed by atoms with Gasteiger partial charge in [-0.15, -0.1) is 0 Å². The van der Waals surface area contributed by atoms with Crippen molar-refractivity contribution >= 4 is 23.2 Å². The van der Waals surface area contributed by atoms with E-state index >= 15 is 0 Å². The van der Waals surface area contributed by atoms with E-state index in [-0.39, 0.29) is 5.41 Å². The van der Waals surface area contributed by atoms with E-state index in [2.05, 4.69) is 18.8 Å². The highest BCUT2D eigenvalue weighted by Crippen LogP contribution is 2.36. The van der Waals surface area contributed by atoms with E-state index in [9.17, 15) is 0 Å². The number of rotatable bonds is 3. The van der Waals surface area contributed by atoms with Crippen molar-refractivity contribution in [2.75, 3.05) is 6.54 Å². The van der Waals surface area contributed by atoms with Crippen LogP contribution in [0.4, 0.5) is 0 Å². The topological polar surface area (TPSA) is 38.9 Å². The highest BCUT2D eigenvalue weighted by Gasteiger charge is 2.25. The lowest BCUT2D eigenvalue weighted by molar-refractivity contribution is 0.487. The second-order valence-corrected chi connectivity index (χ2v) is 4.72. The number of pyridine rings is 1. The van der Waals surface area contributed by atoms with Crippen LogP contribution in [0.2, 0.25) is 10.0 Å². The highest BCUT2D eigenvalue weighted by molar-refractivity contribution is 6.35. The summed E-state index contributed by atoms with van der Waals surface area (Å²) in [6.45, 7) is 4.77. The van der Waals surface area contributed by atoms with Crippen LogP contribution in [-0.2, 0) is 5.41 Å². The third-order valence-electron chi connectivity index (χ3n) is 2.30. The Morgan fingerprint density at radius 3 is 2.21 bits per heavy atom. The van der Waals surface area contributed by atoms with Gasteiger partial charge in [0.15, 0.2) is 0 Å². The van der Waals surface area contributed by atoms with Crippen LogP contribution in [0.5, 0.6) is 0 Å². The molecule has 0 bridgehead atoms. The summed E-state index contributed by atoms with van der Waals surface area (Å²) in [5.74, 6) is 0. The predicted molar refractivity (Wildman–Crippen MR) is 61.0 cm³/mol. The largest absolute Gasteiger partial charge is 0.330 e. The van der Waals surface area contributed by atoms with Gasteiger partial charge in [0.1, 0.15) is 0 Å². The molecule has 0 fully saturated rings. The van der Waals surface area contributed by atoms with Crippen LogP contribution >= 0.6 is 23.2 Å². The average molecular weight is 233 g/mol. The maximum Gasteiger partial charge on any atom is 0.0641 e. The Hall–Kier alpha value is -0.310. The van der Waals surface area contributed by atoms with E-state index in [1.165, 1.54) is 0 Å². The normalized spacial score (nSPS) is 11.8. The molecule has 0 aliphatic rings. The molecule has 0 amide bonds. The smallest absolute Gasteiger partial charge is 0.0641 e. The van der Waals surface area contributed by atoms with Crippen LogP contribution in [0.15, 0.2) is 12.4 Å². The van der Waals surface area contributed by atoms with Gasteiger partial charge in [-0.25, -0.2) is 0 Å². The predicted octanol–water partition coefficient (Wildman–Crippen LogP) is 3.01. The molecule has 0 spiro atoms. The van der Waals surface area contributed by atoms with Gasteiger partial charge in [0.2, 0.25) is 0 Å². The second-order valence-electron chi connectivity index (χ2n) is 3.90. The summed E-state index contributed by atoms with van der Waals surface area (Å²) in [6, 6.07) is 0. The van der Waals surface area contributed by atoms with E-state index in [1.54, 1.807) is 12.4 Å². The third kappa shape index (κ3) is 2.38. The fourth-order valence-electron chi connectivity index (χ4n) is 1.54. The zero-order valence-corrected chi connectivity index (χ0v) is 9.86. The summed E-state index contributed by atoms with van der Waals surface area (Å²) in [7, 11) is 0. The van der Waals surface area contributed by atoms with Crippen molar-refractivity contribution in [3.8, 4) is 0 Å². The van der Waals surface area contributed by atoms with Crippen LogP contribution in [0, 0.1) is 0 Å². The monoisotopic (exact) mass is 232 g/mol. The summed E-state index contributed by atoms with van der Waals surface area (Å²) in [6.07, 6.45) is 4.07. The highest BCUT2D eigenvalue weighted by atomic mass is 35.5. The molecule has 14 heavy (non-hydrogen) atoms. The first kappa shape index (κ1) is 11.8. The lowest BCUT2D eigenvalue weighted by Gasteiger charge is -2.26. The van der Waals surface area contributed by atoms with Gasteiger partial charge in [0, 0.05) is 12.4 Å². The Morgan fingerprint density at radius 1 is 1.29 bits per heavy atom. The number of hydrogen-bond acceptors (Lipinski definition) is 2. The molecule has 0 saturated carbocycles. The summed E-state index contributed by atoms with van der Waals surface area (Å²) in [5.41, 5.74) is 6.38. The maximum atomic E-state index is 6.06. The first-order valence-electron chi connectivity index (χ1n) is 4.48. The van der Waals surface area contributed by atoms with Gasteiger partial charge in [-0.05, 0) is 23.9 Å². The zero-order chi connectivity index (χ0) is 10.8. The van der Waals surface area contributed by atoms with Crippen molar-refractivity contribution in [3.05, 3.63) is 28.0 Å². The quantitative estimate of drug-likeness (QED) is 0.871. The molecule has 0 unspecified atom stereocenters. The fourth-order valence-corrected chi connectivity index (χ4v) is 2.42. The van der Waals surface area contributed by atoms with Gasteiger partial charge in [-0.2, -0.15) is 0 Å². The number of nitrogens with zero attached hydrogens (tertiary/aromatic N) is 1. The van der Waals surface area contributed by atoms with Gasteiger partial charge >= 0.3 is 0 Å². The van der Waals surface area contributed by atoms with Gasteiger partial charge in [0.25, 0.3) is 0 Å². The average Bonchev–Trinajstić information content (AvgIpc) is 2.02. The molecule has 1 aromatic heterocycles. The second kappa shape index (κ2) is 4.47. The molecule has 0 aliphatic heterocycles. The molecule has 0 saturated heterocycles. The van der Waals surface area contributed by atoms with E-state index in [4.69, 9.17) is 28.9 Å². The third-order valence-corrected chi connectivity index (χ3v) is 2.87. The molecule has 1 aromatic rings. The fraction of sp³-hybridized carbons (Fsp3) is 0.500. The minimum atomic E-state index is -0.105. The molecule has 1 rings (SSSR count). The van der Waals surface area contributed by atoms with Crippen molar-refractivity contribution in [1.29, 1.82) is 0 Å². The Morgan fingerprint density at radius 2 is 1.79 bits per heavy atom. The number of hydrogen-bond donors (Lipinski definition) is 1. The number of halogens is 2. The van der Waals surface area contributed by atoms with Gasteiger partial charge in [0.05, 0.1) is 10.0 Å². The Balaban J connectivity index is 3.17. The van der Waals surface area contributed by atoms with Crippen LogP contribution in [0.1, 0.15) is 25.8 Å². The molecule has 2 nitrogen and oxygen atoms in total. The van der Waals surface area contributed by atoms with Crippen LogP contribution in [0.3, 0.4) is 0 Å². The van der Waals surface area contributed by atoms with Gasteiger partial charge < -0.3 is 5.73 Å². The summed E-state index contributed by atoms with van der Waals surface area (Å²) in [5, 5.41) is 1.21. The number of aromatic nitrogens is 1. The van der Waals surface area contributed by atoms with Crippen LogP contribution in [0.25, 0.3) is 0 Å². The lowest BCUT2D eigenvalue weighted by atomic mass is 9.82. The lowest BCUT2D eigenvalue weighted by Crippen LogP contribution is -2.22. The molecule has 2 N–H and O–H groups in total. The maximum absolute atomic E-state index is 6.06. The first-order chi connectivity index (χ1) is 6.49. The van der Waals surface area contributed by atoms with Gasteiger partial charge in [-0.1, -0.05) is 37.0 Å². The standard InChI is InChI=1S/C10H14Cl2N2/c1-10(2,3-4-13)9-7(11)5-14-6-8(9)12/h5-6H,3-4,13H2,1-2H3. The Labute approximate surface area is 94.4 Å². The summed E-state index contributed by atoms with van der Waals surface area (Å²) in [4.78, 5) is 3.92. The summed E-state index contributed by atoms with van der Waals surface area (Å²) >= 11 is 12.1. The molecule has 0 aromatic carbocycles. The SMILES string of the molecule is CC(C)(CCN)c1c(Cl)cncc1Cl. The minimum Gasteiger partial charge on any atom is -0.330 e. The summed E-state index contributed by atoms with van der Waals surface area (Å²) < 4.78 is 0. The van der Waals surface area contributed by atoms with Crippen LogP contribution < -0.4 is 5.73 Å². The van der Waals surface area contributed by atoms with E-state index in [0.29, 0.717) is 16.6 Å². The Bertz CT molecular complexity index is 304. The van der Waals surface area contributed by atoms with Crippen molar-refractivity contribution in [3.63, 3.8) is 0 Å². The molecule has 0 aliphatic carbocycles. The molecule has 0 radical (unpaired) electrons. The van der Waals surface area contributed by atoms with Crippen molar-refractivity contribution < 1.29 is 0 Å². The Kier molecular flexibility index (Phi) is 3.76.